The average molecular weight is 825 g/mol. The Hall–Kier alpha value is -8.66. The van der Waals surface area contributed by atoms with Crippen LogP contribution in [0.15, 0.2) is 223 Å². The molecule has 0 saturated carbocycles. The van der Waals surface area contributed by atoms with Crippen LogP contribution >= 0.6 is 0 Å². The first-order valence-corrected chi connectivity index (χ1v) is 22.2. The minimum Gasteiger partial charge on any atom is -0.435 e. The van der Waals surface area contributed by atoms with E-state index in [9.17, 15) is 0 Å². The lowest BCUT2D eigenvalue weighted by atomic mass is 9.86. The van der Waals surface area contributed by atoms with E-state index in [0.29, 0.717) is 5.89 Å². The summed E-state index contributed by atoms with van der Waals surface area (Å²) in [6.07, 6.45) is 0. The minimum absolute atomic E-state index is 0.600. The highest BCUT2D eigenvalue weighted by molar-refractivity contribution is 6.24. The van der Waals surface area contributed by atoms with Gasteiger partial charge in [0.2, 0.25) is 5.89 Å². The molecule has 0 unspecified atom stereocenters. The zero-order chi connectivity index (χ0) is 42.6. The van der Waals surface area contributed by atoms with Crippen LogP contribution in [-0.4, -0.2) is 9.97 Å². The monoisotopic (exact) mass is 824 g/mol. The molecular weight excluding hydrogens is 789 g/mol. The molecule has 0 fully saturated rings. The van der Waals surface area contributed by atoms with Crippen LogP contribution in [0.5, 0.6) is 0 Å². The number of pyridine rings is 1. The van der Waals surface area contributed by atoms with E-state index >= 15 is 0 Å². The van der Waals surface area contributed by atoms with Crippen molar-refractivity contribution in [3.8, 4) is 45.0 Å². The van der Waals surface area contributed by atoms with Crippen LogP contribution in [-0.2, 0) is 0 Å². The topological polar surface area (TPSA) is 38.9 Å². The van der Waals surface area contributed by atoms with Gasteiger partial charge in [0.05, 0.1) is 11.2 Å². The van der Waals surface area contributed by atoms with E-state index in [1.165, 1.54) is 70.6 Å². The molecule has 0 N–H and O–H groups in total. The van der Waals surface area contributed by atoms with E-state index in [2.05, 4.69) is 218 Å². The van der Waals surface area contributed by atoms with Crippen LogP contribution in [0, 0.1) is 0 Å². The van der Waals surface area contributed by atoms with Gasteiger partial charge in [0.1, 0.15) is 5.52 Å². The second-order valence-corrected chi connectivity index (χ2v) is 17.2. The Labute approximate surface area is 373 Å². The SMILES string of the molecule is c1ccc2c(c1)cc(-c1cc3c(-c4cc5ccccc5c5ccccc45)cc(-c4ccc(-c5nc6c7ccccc7c7ccccc7c6o5)cc4)nc3c3ccccc13)c1ccccc12. The van der Waals surface area contributed by atoms with Crippen molar-refractivity contribution in [2.75, 3.05) is 0 Å². The largest absolute Gasteiger partial charge is 0.435 e. The molecule has 14 aromatic rings. The number of aromatic nitrogens is 2. The van der Waals surface area contributed by atoms with Gasteiger partial charge < -0.3 is 4.42 Å². The summed E-state index contributed by atoms with van der Waals surface area (Å²) in [6.45, 7) is 0. The third-order valence-corrected chi connectivity index (χ3v) is 13.6. The molecule has 0 radical (unpaired) electrons. The highest BCUT2D eigenvalue weighted by Gasteiger charge is 2.21. The number of fused-ring (bicyclic) bond motifs is 15. The summed E-state index contributed by atoms with van der Waals surface area (Å²) in [5, 5.41) is 17.8. The van der Waals surface area contributed by atoms with Crippen molar-refractivity contribution < 1.29 is 4.42 Å². The first-order chi connectivity index (χ1) is 32.2. The Balaban J connectivity index is 1.02. The highest BCUT2D eigenvalue weighted by atomic mass is 16.3. The molecule has 0 saturated heterocycles. The second-order valence-electron chi connectivity index (χ2n) is 17.2. The second kappa shape index (κ2) is 13.9. The van der Waals surface area contributed by atoms with Gasteiger partial charge in [-0.25, -0.2) is 9.97 Å². The maximum absolute atomic E-state index is 6.65. The Morgan fingerprint density at radius 3 is 1.22 bits per heavy atom. The lowest BCUT2D eigenvalue weighted by Gasteiger charge is -2.19. The lowest BCUT2D eigenvalue weighted by Crippen LogP contribution is -1.95. The summed E-state index contributed by atoms with van der Waals surface area (Å²) >= 11 is 0. The number of nitrogens with zero attached hydrogens (tertiary/aromatic N) is 2. The standard InChI is InChI=1S/C62H36N2O/c1-3-17-41-39(15-1)33-53(47-23-7-5-19-43(41)47)55-35-57-56(54-34-40-16-2-4-18-42(40)44-20-6-8-24-48(44)54)36-58(63-59(57)50-26-12-10-25-49(50)55)37-29-31-38(32-30-37)62-64-60-51-27-13-9-21-45(51)46-22-11-14-28-52(46)61(60)65-62/h1-36H. The van der Waals surface area contributed by atoms with E-state index in [1.54, 1.807) is 0 Å². The molecule has 2 aromatic heterocycles. The zero-order valence-electron chi connectivity index (χ0n) is 35.1. The van der Waals surface area contributed by atoms with Gasteiger partial charge in [-0.15, -0.1) is 0 Å². The summed E-state index contributed by atoms with van der Waals surface area (Å²) in [4.78, 5) is 10.7. The van der Waals surface area contributed by atoms with Gasteiger partial charge in [0.25, 0.3) is 0 Å². The fourth-order valence-corrected chi connectivity index (χ4v) is 10.6. The first kappa shape index (κ1) is 35.9. The zero-order valence-corrected chi connectivity index (χ0v) is 35.1. The van der Waals surface area contributed by atoms with Crippen LogP contribution in [0.4, 0.5) is 0 Å². The van der Waals surface area contributed by atoms with Gasteiger partial charge in [0, 0.05) is 32.7 Å². The van der Waals surface area contributed by atoms with Crippen LogP contribution in [0.1, 0.15) is 0 Å². The van der Waals surface area contributed by atoms with Crippen molar-refractivity contribution >= 4 is 97.4 Å². The molecule has 0 atom stereocenters. The summed E-state index contributed by atoms with van der Waals surface area (Å²) in [6, 6.07) is 78.8. The fourth-order valence-electron chi connectivity index (χ4n) is 10.6. The number of hydrogen-bond acceptors (Lipinski definition) is 3. The molecule has 0 spiro atoms. The van der Waals surface area contributed by atoms with Crippen LogP contribution in [0.2, 0.25) is 0 Å². The van der Waals surface area contributed by atoms with Crippen molar-refractivity contribution in [2.24, 2.45) is 0 Å². The van der Waals surface area contributed by atoms with E-state index in [1.807, 2.05) is 0 Å². The lowest BCUT2D eigenvalue weighted by molar-refractivity contribution is 0.623. The number of hydrogen-bond donors (Lipinski definition) is 0. The minimum atomic E-state index is 0.600. The summed E-state index contributed by atoms with van der Waals surface area (Å²) in [7, 11) is 0. The molecule has 0 amide bonds. The maximum atomic E-state index is 6.65. The first-order valence-electron chi connectivity index (χ1n) is 22.2. The third kappa shape index (κ3) is 5.43. The third-order valence-electron chi connectivity index (χ3n) is 13.6. The summed E-state index contributed by atoms with van der Waals surface area (Å²) < 4.78 is 6.65. The molecule has 0 aliphatic rings. The van der Waals surface area contributed by atoms with Crippen LogP contribution in [0.25, 0.3) is 142 Å². The number of benzene rings is 12. The maximum Gasteiger partial charge on any atom is 0.227 e. The van der Waals surface area contributed by atoms with Gasteiger partial charge in [0.15, 0.2) is 5.58 Å². The number of oxazole rings is 1. The Morgan fingerprint density at radius 2 is 0.646 bits per heavy atom. The molecule has 14 rings (SSSR count). The van der Waals surface area contributed by atoms with Crippen molar-refractivity contribution in [3.05, 3.63) is 218 Å². The molecule has 0 bridgehead atoms. The van der Waals surface area contributed by atoms with Crippen molar-refractivity contribution in [3.63, 3.8) is 0 Å². The average Bonchev–Trinajstić information content (AvgIpc) is 3.84. The molecule has 0 aliphatic carbocycles. The summed E-state index contributed by atoms with van der Waals surface area (Å²) in [5.74, 6) is 0.600. The van der Waals surface area contributed by atoms with E-state index < -0.39 is 0 Å². The summed E-state index contributed by atoms with van der Waals surface area (Å²) in [5.41, 5.74) is 10.2. The van der Waals surface area contributed by atoms with E-state index in [-0.39, 0.29) is 0 Å². The van der Waals surface area contributed by atoms with Gasteiger partial charge in [-0.2, -0.15) is 0 Å². The van der Waals surface area contributed by atoms with Crippen molar-refractivity contribution in [1.82, 2.24) is 9.97 Å². The number of rotatable bonds is 4. The normalized spacial score (nSPS) is 12.0. The Kier molecular flexibility index (Phi) is 7.69. The molecule has 300 valence electrons. The highest BCUT2D eigenvalue weighted by Crippen LogP contribution is 2.46. The van der Waals surface area contributed by atoms with Gasteiger partial charge >= 0.3 is 0 Å². The Morgan fingerprint density at radius 1 is 0.262 bits per heavy atom. The van der Waals surface area contributed by atoms with Crippen molar-refractivity contribution in [2.45, 2.75) is 0 Å². The van der Waals surface area contributed by atoms with E-state index in [4.69, 9.17) is 14.4 Å². The molecule has 3 heteroatoms. The van der Waals surface area contributed by atoms with Crippen LogP contribution < -0.4 is 0 Å². The molecule has 2 heterocycles. The fraction of sp³-hybridized carbons (Fsp3) is 0. The van der Waals surface area contributed by atoms with E-state index in [0.717, 1.165) is 65.9 Å². The molecule has 12 aromatic carbocycles. The van der Waals surface area contributed by atoms with Gasteiger partial charge in [-0.3, -0.25) is 0 Å². The van der Waals surface area contributed by atoms with Gasteiger partial charge in [-0.1, -0.05) is 182 Å². The molecule has 0 aliphatic heterocycles. The predicted molar refractivity (Wildman–Crippen MR) is 274 cm³/mol. The Bertz CT molecular complexity index is 4220. The van der Waals surface area contributed by atoms with Crippen LogP contribution in [0.3, 0.4) is 0 Å². The smallest absolute Gasteiger partial charge is 0.227 e. The van der Waals surface area contributed by atoms with Gasteiger partial charge in [-0.05, 0) is 118 Å². The molecular formula is C62H36N2O. The predicted octanol–water partition coefficient (Wildman–Crippen LogP) is 17.1. The van der Waals surface area contributed by atoms with Crippen molar-refractivity contribution in [1.29, 1.82) is 0 Å². The molecule has 3 nitrogen and oxygen atoms in total. The molecule has 65 heavy (non-hydrogen) atoms. The quantitative estimate of drug-likeness (QED) is 0.166.